The van der Waals surface area contributed by atoms with Crippen LogP contribution in [0.3, 0.4) is 0 Å². The maximum absolute atomic E-state index is 12.4. The number of nitrogens with zero attached hydrogens (tertiary/aromatic N) is 2. The number of rotatable bonds is 6. The summed E-state index contributed by atoms with van der Waals surface area (Å²) in [6, 6.07) is 15.7. The fraction of sp³-hybridized carbons (Fsp3) is 0.350. The van der Waals surface area contributed by atoms with E-state index in [1.165, 1.54) is 0 Å². The molecule has 0 atom stereocenters. The molecule has 1 heterocycles. The number of amides is 1. The van der Waals surface area contributed by atoms with Crippen molar-refractivity contribution in [1.29, 1.82) is 0 Å². The molecule has 1 fully saturated rings. The van der Waals surface area contributed by atoms with Crippen LogP contribution >= 0.6 is 35.0 Å². The van der Waals surface area contributed by atoms with Crippen LogP contribution in [0.4, 0.5) is 5.69 Å². The molecular formula is C20H22Cl2N2OS. The zero-order valence-electron chi connectivity index (χ0n) is 14.5. The van der Waals surface area contributed by atoms with Crippen molar-refractivity contribution in [1.82, 2.24) is 4.90 Å². The van der Waals surface area contributed by atoms with Crippen LogP contribution in [0.15, 0.2) is 48.5 Å². The van der Waals surface area contributed by atoms with Gasteiger partial charge in [0.15, 0.2) is 0 Å². The number of piperazine rings is 1. The second-order valence-corrected chi connectivity index (χ2v) is 8.19. The van der Waals surface area contributed by atoms with Crippen molar-refractivity contribution in [2.45, 2.75) is 12.2 Å². The van der Waals surface area contributed by atoms with E-state index in [0.717, 1.165) is 59.0 Å². The number of benzene rings is 2. The summed E-state index contributed by atoms with van der Waals surface area (Å²) in [5.41, 5.74) is 2.25. The van der Waals surface area contributed by atoms with E-state index >= 15 is 0 Å². The minimum absolute atomic E-state index is 0.238. The van der Waals surface area contributed by atoms with Crippen LogP contribution in [0.1, 0.15) is 12.0 Å². The molecule has 2 aromatic rings. The Bertz CT molecular complexity index is 748. The van der Waals surface area contributed by atoms with Crippen molar-refractivity contribution in [2.24, 2.45) is 0 Å². The van der Waals surface area contributed by atoms with E-state index in [0.29, 0.717) is 6.42 Å². The number of carbonyl (C=O) groups excluding carboxylic acids is 1. The lowest BCUT2D eigenvalue weighted by molar-refractivity contribution is -0.131. The molecule has 1 saturated heterocycles. The Morgan fingerprint density at radius 3 is 2.50 bits per heavy atom. The molecular weight excluding hydrogens is 387 g/mol. The molecule has 6 heteroatoms. The highest BCUT2D eigenvalue weighted by atomic mass is 35.5. The molecule has 0 saturated carbocycles. The molecule has 0 spiro atoms. The number of carbonyl (C=O) groups is 1. The Morgan fingerprint density at radius 1 is 1.00 bits per heavy atom. The summed E-state index contributed by atoms with van der Waals surface area (Å²) in [7, 11) is 0. The van der Waals surface area contributed by atoms with Crippen LogP contribution in [0, 0.1) is 0 Å². The molecule has 1 aliphatic rings. The van der Waals surface area contributed by atoms with E-state index in [1.807, 2.05) is 47.4 Å². The zero-order chi connectivity index (χ0) is 18.4. The normalized spacial score (nSPS) is 14.5. The first-order chi connectivity index (χ1) is 12.6. The molecule has 138 valence electrons. The van der Waals surface area contributed by atoms with Crippen molar-refractivity contribution >= 4 is 46.6 Å². The van der Waals surface area contributed by atoms with Crippen LogP contribution < -0.4 is 4.90 Å². The van der Waals surface area contributed by atoms with Gasteiger partial charge in [-0.15, -0.1) is 0 Å². The molecule has 2 aromatic carbocycles. The van der Waals surface area contributed by atoms with Gasteiger partial charge in [0, 0.05) is 59.8 Å². The summed E-state index contributed by atoms with van der Waals surface area (Å²) in [5, 5.41) is 1.54. The van der Waals surface area contributed by atoms with Crippen molar-refractivity contribution in [3.8, 4) is 0 Å². The van der Waals surface area contributed by atoms with Crippen LogP contribution in [-0.2, 0) is 10.5 Å². The van der Waals surface area contributed by atoms with Gasteiger partial charge >= 0.3 is 0 Å². The minimum Gasteiger partial charge on any atom is -0.368 e. The van der Waals surface area contributed by atoms with Gasteiger partial charge < -0.3 is 9.80 Å². The van der Waals surface area contributed by atoms with Crippen molar-refractivity contribution in [2.75, 3.05) is 36.8 Å². The second kappa shape index (κ2) is 9.54. The molecule has 0 aliphatic carbocycles. The Balaban J connectivity index is 1.39. The van der Waals surface area contributed by atoms with Crippen molar-refractivity contribution < 1.29 is 4.79 Å². The molecule has 0 unspecified atom stereocenters. The van der Waals surface area contributed by atoms with Gasteiger partial charge in [-0.3, -0.25) is 4.79 Å². The summed E-state index contributed by atoms with van der Waals surface area (Å²) in [4.78, 5) is 16.7. The largest absolute Gasteiger partial charge is 0.368 e. The molecule has 0 radical (unpaired) electrons. The van der Waals surface area contributed by atoms with E-state index in [4.69, 9.17) is 23.2 Å². The van der Waals surface area contributed by atoms with Gasteiger partial charge in [0.2, 0.25) is 5.91 Å². The Morgan fingerprint density at radius 2 is 1.77 bits per heavy atom. The third-order valence-corrected chi connectivity index (χ3v) is 6.09. The number of thioether (sulfide) groups is 1. The van der Waals surface area contributed by atoms with E-state index in [9.17, 15) is 4.79 Å². The van der Waals surface area contributed by atoms with Crippen molar-refractivity contribution in [3.05, 3.63) is 64.1 Å². The number of hydrogen-bond donors (Lipinski definition) is 0. The van der Waals surface area contributed by atoms with E-state index < -0.39 is 0 Å². The Labute approximate surface area is 169 Å². The third-order valence-electron chi connectivity index (χ3n) is 4.48. The summed E-state index contributed by atoms with van der Waals surface area (Å²) in [6.45, 7) is 3.22. The van der Waals surface area contributed by atoms with Crippen LogP contribution in [0.25, 0.3) is 0 Å². The highest BCUT2D eigenvalue weighted by molar-refractivity contribution is 7.98. The average molecular weight is 409 g/mol. The number of hydrogen-bond acceptors (Lipinski definition) is 3. The fourth-order valence-electron chi connectivity index (χ4n) is 3.00. The molecule has 0 N–H and O–H groups in total. The monoisotopic (exact) mass is 408 g/mol. The number of anilines is 1. The topological polar surface area (TPSA) is 23.6 Å². The van der Waals surface area contributed by atoms with Gasteiger partial charge in [0.05, 0.1) is 0 Å². The predicted molar refractivity (Wildman–Crippen MR) is 112 cm³/mol. The van der Waals surface area contributed by atoms with E-state index in [-0.39, 0.29) is 5.91 Å². The first-order valence-corrected chi connectivity index (χ1v) is 10.6. The summed E-state index contributed by atoms with van der Waals surface area (Å²) in [5.74, 6) is 1.90. The number of halogens is 2. The maximum Gasteiger partial charge on any atom is 0.223 e. The summed E-state index contributed by atoms with van der Waals surface area (Å²) < 4.78 is 0. The second-order valence-electron chi connectivity index (χ2n) is 6.24. The van der Waals surface area contributed by atoms with Gasteiger partial charge in [0.1, 0.15) is 0 Å². The lowest BCUT2D eigenvalue weighted by Crippen LogP contribution is -2.48. The van der Waals surface area contributed by atoms with Crippen LogP contribution in [-0.4, -0.2) is 42.7 Å². The molecule has 26 heavy (non-hydrogen) atoms. The van der Waals surface area contributed by atoms with Gasteiger partial charge in [-0.05, 0) is 29.8 Å². The van der Waals surface area contributed by atoms with Crippen molar-refractivity contribution in [3.63, 3.8) is 0 Å². The molecule has 3 rings (SSSR count). The first kappa shape index (κ1) is 19.4. The summed E-state index contributed by atoms with van der Waals surface area (Å²) in [6.07, 6.45) is 0.576. The standard InChI is InChI=1S/C20H22Cl2N2OS/c21-17-5-3-6-18(14-17)23-9-11-24(12-10-23)20(25)8-13-26-15-16-4-1-2-7-19(16)22/h1-7,14H,8-13,15H2. The molecule has 0 bridgehead atoms. The zero-order valence-corrected chi connectivity index (χ0v) is 16.9. The molecule has 0 aromatic heterocycles. The quantitative estimate of drug-likeness (QED) is 0.630. The van der Waals surface area contributed by atoms with Gasteiger partial charge in [-0.25, -0.2) is 0 Å². The van der Waals surface area contributed by atoms with Crippen LogP contribution in [0.5, 0.6) is 0 Å². The van der Waals surface area contributed by atoms with E-state index in [2.05, 4.69) is 11.0 Å². The lowest BCUT2D eigenvalue weighted by Gasteiger charge is -2.36. The molecule has 3 nitrogen and oxygen atoms in total. The smallest absolute Gasteiger partial charge is 0.223 e. The van der Waals surface area contributed by atoms with Gasteiger partial charge in [-0.1, -0.05) is 47.5 Å². The lowest BCUT2D eigenvalue weighted by atomic mass is 10.2. The minimum atomic E-state index is 0.238. The Hall–Kier alpha value is -1.36. The summed E-state index contributed by atoms with van der Waals surface area (Å²) >= 11 is 14.0. The van der Waals surface area contributed by atoms with Crippen LogP contribution in [0.2, 0.25) is 10.0 Å². The maximum atomic E-state index is 12.4. The first-order valence-electron chi connectivity index (χ1n) is 8.73. The Kier molecular flexibility index (Phi) is 7.12. The predicted octanol–water partition coefficient (Wildman–Crippen LogP) is 4.97. The SMILES string of the molecule is O=C(CCSCc1ccccc1Cl)N1CCN(c2cccc(Cl)c2)CC1. The van der Waals surface area contributed by atoms with Gasteiger partial charge in [0.25, 0.3) is 0 Å². The molecule has 1 amide bonds. The highest BCUT2D eigenvalue weighted by Gasteiger charge is 2.21. The fourth-order valence-corrected chi connectivity index (χ4v) is 4.40. The molecule has 1 aliphatic heterocycles. The third kappa shape index (κ3) is 5.32. The van der Waals surface area contributed by atoms with E-state index in [1.54, 1.807) is 11.8 Å². The van der Waals surface area contributed by atoms with Gasteiger partial charge in [-0.2, -0.15) is 11.8 Å². The highest BCUT2D eigenvalue weighted by Crippen LogP contribution is 2.22. The average Bonchev–Trinajstić information content (AvgIpc) is 2.66.